The zero-order valence-corrected chi connectivity index (χ0v) is 33.5. The van der Waals surface area contributed by atoms with E-state index >= 15 is 0 Å². The summed E-state index contributed by atoms with van der Waals surface area (Å²) >= 11 is 0. The van der Waals surface area contributed by atoms with E-state index in [1.54, 1.807) is 0 Å². The first-order valence-corrected chi connectivity index (χ1v) is 20.9. The van der Waals surface area contributed by atoms with Crippen LogP contribution in [0.4, 0.5) is 17.1 Å². The van der Waals surface area contributed by atoms with Crippen molar-refractivity contribution < 1.29 is 0 Å². The predicted octanol–water partition coefficient (Wildman–Crippen LogP) is 15.3. The van der Waals surface area contributed by atoms with Crippen LogP contribution in [0.2, 0.25) is 0 Å². The van der Waals surface area contributed by atoms with Gasteiger partial charge in [-0.25, -0.2) is 0 Å². The van der Waals surface area contributed by atoms with Gasteiger partial charge in [0.1, 0.15) is 0 Å². The normalized spacial score (nSPS) is 13.0. The van der Waals surface area contributed by atoms with Crippen LogP contribution in [0.3, 0.4) is 0 Å². The van der Waals surface area contributed by atoms with Crippen molar-refractivity contribution in [3.8, 4) is 33.6 Å². The van der Waals surface area contributed by atoms with E-state index < -0.39 is 0 Å². The molecule has 12 rings (SSSR count). The smallest absolute Gasteiger partial charge is 0.0562 e. The Kier molecular flexibility index (Phi) is 7.58. The number of nitrogens with zero attached hydrogens (tertiary/aromatic N) is 3. The largest absolute Gasteiger partial charge is 0.310 e. The van der Waals surface area contributed by atoms with Gasteiger partial charge >= 0.3 is 0 Å². The Morgan fingerprint density at radius 1 is 0.367 bits per heavy atom. The van der Waals surface area contributed by atoms with Crippen LogP contribution >= 0.6 is 0 Å². The number of rotatable bonds is 6. The molecule has 11 aromatic rings. The molecule has 60 heavy (non-hydrogen) atoms. The molecule has 0 amide bonds. The second kappa shape index (κ2) is 13.2. The van der Waals surface area contributed by atoms with Crippen LogP contribution < -0.4 is 4.90 Å². The Bertz CT molecular complexity index is 3460. The van der Waals surface area contributed by atoms with Gasteiger partial charge in [-0.2, -0.15) is 0 Å². The minimum absolute atomic E-state index is 0.141. The maximum atomic E-state index is 2.49. The minimum Gasteiger partial charge on any atom is -0.310 e. The van der Waals surface area contributed by atoms with Gasteiger partial charge < -0.3 is 14.0 Å². The topological polar surface area (TPSA) is 13.1 Å². The summed E-state index contributed by atoms with van der Waals surface area (Å²) in [5.41, 5.74) is 18.0. The summed E-state index contributed by atoms with van der Waals surface area (Å²) in [5.74, 6) is 0. The van der Waals surface area contributed by atoms with E-state index in [1.807, 2.05) is 0 Å². The van der Waals surface area contributed by atoms with Crippen molar-refractivity contribution in [1.29, 1.82) is 0 Å². The quantitative estimate of drug-likeness (QED) is 0.164. The highest BCUT2D eigenvalue weighted by Gasteiger charge is 2.36. The minimum atomic E-state index is -0.141. The summed E-state index contributed by atoms with van der Waals surface area (Å²) in [5, 5.41) is 4.95. The monoisotopic (exact) mass is 767 g/mol. The second-order valence-corrected chi connectivity index (χ2v) is 16.6. The van der Waals surface area contributed by atoms with E-state index in [2.05, 4.69) is 240 Å². The van der Waals surface area contributed by atoms with Gasteiger partial charge in [0.15, 0.2) is 0 Å². The number of para-hydroxylation sites is 4. The third kappa shape index (κ3) is 5.09. The lowest BCUT2D eigenvalue weighted by molar-refractivity contribution is 0.660. The van der Waals surface area contributed by atoms with Gasteiger partial charge in [0.05, 0.1) is 27.8 Å². The van der Waals surface area contributed by atoms with E-state index in [4.69, 9.17) is 0 Å². The number of hydrogen-bond acceptors (Lipinski definition) is 1. The lowest BCUT2D eigenvalue weighted by Crippen LogP contribution is -2.16. The van der Waals surface area contributed by atoms with Crippen molar-refractivity contribution >= 4 is 60.7 Å². The molecule has 0 aliphatic heterocycles. The van der Waals surface area contributed by atoms with Crippen LogP contribution in [0.15, 0.2) is 212 Å². The molecule has 284 valence electrons. The SMILES string of the molecule is CC1(C)c2ccccc2-c2ccc(N(c3cccc(-c4ccc5c6ccccc6n(-c6ccccc6)c5c4)c3)c3cccc4c3c3ccccc3n4-c3ccccc3)cc21. The predicted molar refractivity (Wildman–Crippen MR) is 253 cm³/mol. The van der Waals surface area contributed by atoms with Crippen LogP contribution in [0, 0.1) is 0 Å². The molecule has 0 N–H and O–H groups in total. The van der Waals surface area contributed by atoms with Crippen LogP contribution in [0.5, 0.6) is 0 Å². The van der Waals surface area contributed by atoms with E-state index in [-0.39, 0.29) is 5.41 Å². The van der Waals surface area contributed by atoms with Crippen molar-refractivity contribution in [2.75, 3.05) is 4.90 Å². The molecule has 3 nitrogen and oxygen atoms in total. The molecule has 2 aromatic heterocycles. The van der Waals surface area contributed by atoms with Crippen molar-refractivity contribution in [2.24, 2.45) is 0 Å². The fourth-order valence-corrected chi connectivity index (χ4v) is 10.1. The molecule has 1 aliphatic carbocycles. The van der Waals surface area contributed by atoms with Gasteiger partial charge in [-0.1, -0.05) is 147 Å². The van der Waals surface area contributed by atoms with Gasteiger partial charge in [0, 0.05) is 49.7 Å². The van der Waals surface area contributed by atoms with E-state index in [0.717, 1.165) is 34.0 Å². The molecule has 9 aromatic carbocycles. The number of aromatic nitrogens is 2. The molecule has 0 radical (unpaired) electrons. The Balaban J connectivity index is 1.10. The summed E-state index contributed by atoms with van der Waals surface area (Å²) in [7, 11) is 0. The molecule has 2 heterocycles. The van der Waals surface area contributed by atoms with Gasteiger partial charge in [0.2, 0.25) is 0 Å². The molecule has 0 spiro atoms. The molecule has 0 atom stereocenters. The average molecular weight is 768 g/mol. The maximum absolute atomic E-state index is 2.49. The first-order chi connectivity index (χ1) is 29.5. The molecule has 0 saturated carbocycles. The standard InChI is InChI=1S/C57H41N3/c1-57(2)49-26-12-9-23-44(49)45-34-32-43(37-50(45)57)58(53-29-16-30-54-56(53)48-25-11-14-28-52(48)59(54)40-18-5-3-6-19-40)42-22-15-17-38(35-42)39-31-33-47-46-24-10-13-27-51(46)60(55(47)36-39)41-20-7-4-8-21-41/h3-37H,1-2H3. The van der Waals surface area contributed by atoms with Crippen LogP contribution in [0.1, 0.15) is 25.0 Å². The van der Waals surface area contributed by atoms with Gasteiger partial charge in [-0.15, -0.1) is 0 Å². The average Bonchev–Trinajstić information content (AvgIpc) is 3.90. The Hall–Kier alpha value is -7.62. The Labute approximate surface area is 349 Å². The third-order valence-corrected chi connectivity index (χ3v) is 12.9. The zero-order valence-electron chi connectivity index (χ0n) is 33.5. The summed E-state index contributed by atoms with van der Waals surface area (Å²) in [6, 6.07) is 77.9. The molecule has 1 aliphatic rings. The first-order valence-electron chi connectivity index (χ1n) is 20.9. The summed E-state index contributed by atoms with van der Waals surface area (Å²) in [6.45, 7) is 4.73. The fraction of sp³-hybridized carbons (Fsp3) is 0.0526. The number of anilines is 3. The highest BCUT2D eigenvalue weighted by Crippen LogP contribution is 2.52. The van der Waals surface area contributed by atoms with Crippen molar-refractivity contribution in [2.45, 2.75) is 19.3 Å². The molecule has 0 saturated heterocycles. The van der Waals surface area contributed by atoms with Crippen LogP contribution in [-0.2, 0) is 5.41 Å². The second-order valence-electron chi connectivity index (χ2n) is 16.6. The molecular weight excluding hydrogens is 727 g/mol. The van der Waals surface area contributed by atoms with Gasteiger partial charge in [-0.3, -0.25) is 0 Å². The molecule has 0 bridgehead atoms. The van der Waals surface area contributed by atoms with E-state index in [0.29, 0.717) is 0 Å². The zero-order chi connectivity index (χ0) is 40.0. The maximum Gasteiger partial charge on any atom is 0.0562 e. The van der Waals surface area contributed by atoms with Crippen LogP contribution in [0.25, 0.3) is 77.2 Å². The van der Waals surface area contributed by atoms with Crippen molar-refractivity contribution in [3.63, 3.8) is 0 Å². The Morgan fingerprint density at radius 2 is 0.933 bits per heavy atom. The molecule has 3 heteroatoms. The summed E-state index contributed by atoms with van der Waals surface area (Å²) in [4.78, 5) is 2.49. The van der Waals surface area contributed by atoms with Crippen LogP contribution in [-0.4, -0.2) is 9.13 Å². The number of fused-ring (bicyclic) bond motifs is 9. The summed E-state index contributed by atoms with van der Waals surface area (Å²) in [6.07, 6.45) is 0. The van der Waals surface area contributed by atoms with Gasteiger partial charge in [-0.05, 0) is 112 Å². The van der Waals surface area contributed by atoms with Crippen molar-refractivity contribution in [1.82, 2.24) is 9.13 Å². The molecule has 0 unspecified atom stereocenters. The summed E-state index contributed by atoms with van der Waals surface area (Å²) < 4.78 is 4.81. The lowest BCUT2D eigenvalue weighted by Gasteiger charge is -2.29. The third-order valence-electron chi connectivity index (χ3n) is 12.9. The van der Waals surface area contributed by atoms with E-state index in [9.17, 15) is 0 Å². The highest BCUT2D eigenvalue weighted by molar-refractivity contribution is 6.17. The first kappa shape index (κ1) is 34.4. The molecular formula is C57H41N3. The van der Waals surface area contributed by atoms with E-state index in [1.165, 1.54) is 71.4 Å². The molecule has 0 fully saturated rings. The lowest BCUT2D eigenvalue weighted by atomic mass is 9.82. The fourth-order valence-electron chi connectivity index (χ4n) is 10.1. The number of benzene rings is 9. The highest BCUT2D eigenvalue weighted by atomic mass is 15.1. The van der Waals surface area contributed by atoms with Gasteiger partial charge in [0.25, 0.3) is 0 Å². The number of hydrogen-bond donors (Lipinski definition) is 0. The Morgan fingerprint density at radius 3 is 1.72 bits per heavy atom. The van der Waals surface area contributed by atoms with Crippen molar-refractivity contribution in [3.05, 3.63) is 223 Å².